The van der Waals surface area contributed by atoms with E-state index in [1.54, 1.807) is 54.6 Å². The summed E-state index contributed by atoms with van der Waals surface area (Å²) in [7, 11) is 0. The number of non-ortho nitro benzene ring substituents is 1. The van der Waals surface area contributed by atoms with Gasteiger partial charge in [0.05, 0.1) is 4.92 Å². The number of aliphatic hydroxyl groups excluding tert-OH is 1. The number of carbonyl (C=O) groups is 1. The van der Waals surface area contributed by atoms with Crippen LogP contribution in [-0.4, -0.2) is 22.2 Å². The van der Waals surface area contributed by atoms with Crippen LogP contribution in [0.25, 0.3) is 6.08 Å². The molecule has 1 atom stereocenters. The zero-order valence-electron chi connectivity index (χ0n) is 12.6. The third-order valence-corrected chi connectivity index (χ3v) is 3.09. The molecule has 7 heteroatoms. The number of benzene rings is 2. The van der Waals surface area contributed by atoms with Crippen molar-refractivity contribution in [3.05, 3.63) is 81.9 Å². The van der Waals surface area contributed by atoms with Crippen molar-refractivity contribution in [1.29, 1.82) is 0 Å². The first-order valence-electron chi connectivity index (χ1n) is 7.05. The van der Waals surface area contributed by atoms with Crippen molar-refractivity contribution < 1.29 is 14.8 Å². The molecule has 0 aliphatic carbocycles. The number of nitro benzene ring substituents is 1. The van der Waals surface area contributed by atoms with Gasteiger partial charge in [-0.2, -0.15) is 5.10 Å². The molecule has 0 fully saturated rings. The van der Waals surface area contributed by atoms with Gasteiger partial charge in [0, 0.05) is 18.3 Å². The topological polar surface area (TPSA) is 105 Å². The number of rotatable bonds is 6. The SMILES string of the molecule is O=C(N/N=C/C=C/c1ccc([N+](=O)[O-])cc1)C(O)c1ccccc1. The van der Waals surface area contributed by atoms with Gasteiger partial charge in [-0.05, 0) is 29.3 Å². The van der Waals surface area contributed by atoms with Gasteiger partial charge in [0.2, 0.25) is 0 Å². The van der Waals surface area contributed by atoms with Gasteiger partial charge in [-0.3, -0.25) is 14.9 Å². The van der Waals surface area contributed by atoms with E-state index >= 15 is 0 Å². The van der Waals surface area contributed by atoms with Crippen LogP contribution in [0.4, 0.5) is 5.69 Å². The molecule has 1 amide bonds. The third-order valence-electron chi connectivity index (χ3n) is 3.09. The van der Waals surface area contributed by atoms with E-state index in [-0.39, 0.29) is 5.69 Å². The Balaban J connectivity index is 1.85. The molecule has 2 aromatic carbocycles. The van der Waals surface area contributed by atoms with Gasteiger partial charge < -0.3 is 5.11 Å². The second kappa shape index (κ2) is 8.35. The van der Waals surface area contributed by atoms with Gasteiger partial charge in [0.1, 0.15) is 0 Å². The minimum atomic E-state index is -1.29. The predicted molar refractivity (Wildman–Crippen MR) is 90.2 cm³/mol. The van der Waals surface area contributed by atoms with Crippen LogP contribution in [-0.2, 0) is 4.79 Å². The first-order valence-corrected chi connectivity index (χ1v) is 7.05. The Hall–Kier alpha value is -3.32. The minimum Gasteiger partial charge on any atom is -0.378 e. The molecule has 0 aromatic heterocycles. The maximum absolute atomic E-state index is 11.7. The highest BCUT2D eigenvalue weighted by atomic mass is 16.6. The lowest BCUT2D eigenvalue weighted by molar-refractivity contribution is -0.384. The number of nitrogens with zero attached hydrogens (tertiary/aromatic N) is 2. The lowest BCUT2D eigenvalue weighted by Gasteiger charge is -2.08. The van der Waals surface area contributed by atoms with Crippen LogP contribution in [0.15, 0.2) is 65.8 Å². The summed E-state index contributed by atoms with van der Waals surface area (Å²) in [6.07, 6.45) is 3.29. The van der Waals surface area contributed by atoms with E-state index in [1.165, 1.54) is 18.3 Å². The monoisotopic (exact) mass is 325 g/mol. The first kappa shape index (κ1) is 17.0. The minimum absolute atomic E-state index is 0.0166. The third kappa shape index (κ3) is 4.85. The molecule has 2 rings (SSSR count). The zero-order valence-corrected chi connectivity index (χ0v) is 12.6. The summed E-state index contributed by atoms with van der Waals surface area (Å²) >= 11 is 0. The summed E-state index contributed by atoms with van der Waals surface area (Å²) in [5, 5.41) is 24.1. The van der Waals surface area contributed by atoms with Gasteiger partial charge >= 0.3 is 0 Å². The molecule has 0 bridgehead atoms. The number of aliphatic hydroxyl groups is 1. The van der Waals surface area contributed by atoms with Crippen LogP contribution < -0.4 is 5.43 Å². The lowest BCUT2D eigenvalue weighted by Crippen LogP contribution is -2.24. The smallest absolute Gasteiger partial charge is 0.273 e. The number of nitro groups is 1. The fraction of sp³-hybridized carbons (Fsp3) is 0.0588. The molecule has 2 N–H and O–H groups in total. The maximum Gasteiger partial charge on any atom is 0.273 e. The normalized spacial score (nSPS) is 12.4. The van der Waals surface area contributed by atoms with Crippen molar-refractivity contribution in [2.75, 3.05) is 0 Å². The molecule has 1 unspecified atom stereocenters. The number of carbonyl (C=O) groups excluding carboxylic acids is 1. The molecule has 24 heavy (non-hydrogen) atoms. The van der Waals surface area contributed by atoms with Crippen molar-refractivity contribution >= 4 is 23.9 Å². The predicted octanol–water partition coefficient (Wildman–Crippen LogP) is 2.44. The average molecular weight is 325 g/mol. The van der Waals surface area contributed by atoms with E-state index in [9.17, 15) is 20.0 Å². The van der Waals surface area contributed by atoms with Crippen molar-refractivity contribution in [3.8, 4) is 0 Å². The van der Waals surface area contributed by atoms with Crippen molar-refractivity contribution in [3.63, 3.8) is 0 Å². The van der Waals surface area contributed by atoms with Gasteiger partial charge in [0.15, 0.2) is 6.10 Å². The summed E-state index contributed by atoms with van der Waals surface area (Å²) in [6.45, 7) is 0. The number of nitrogens with one attached hydrogen (secondary N) is 1. The van der Waals surface area contributed by atoms with E-state index in [0.717, 1.165) is 5.56 Å². The molecule has 0 radical (unpaired) electrons. The molecule has 0 aliphatic rings. The molecular weight excluding hydrogens is 310 g/mol. The molecule has 2 aromatic rings. The highest BCUT2D eigenvalue weighted by molar-refractivity contribution is 5.84. The second-order valence-corrected chi connectivity index (χ2v) is 4.78. The maximum atomic E-state index is 11.7. The summed E-state index contributed by atoms with van der Waals surface area (Å²) in [4.78, 5) is 21.8. The first-order chi connectivity index (χ1) is 11.6. The van der Waals surface area contributed by atoms with Crippen molar-refractivity contribution in [2.24, 2.45) is 5.10 Å². The fourth-order valence-electron chi connectivity index (χ4n) is 1.85. The highest BCUT2D eigenvalue weighted by Gasteiger charge is 2.15. The van der Waals surface area contributed by atoms with Crippen LogP contribution in [0.1, 0.15) is 17.2 Å². The van der Waals surface area contributed by atoms with Crippen LogP contribution in [0.2, 0.25) is 0 Å². The van der Waals surface area contributed by atoms with E-state index in [0.29, 0.717) is 5.56 Å². The average Bonchev–Trinajstić information content (AvgIpc) is 2.61. The number of hydrogen-bond donors (Lipinski definition) is 2. The lowest BCUT2D eigenvalue weighted by atomic mass is 10.1. The van der Waals surface area contributed by atoms with E-state index in [1.807, 2.05) is 0 Å². The van der Waals surface area contributed by atoms with Crippen molar-refractivity contribution in [1.82, 2.24) is 5.43 Å². The van der Waals surface area contributed by atoms with Gasteiger partial charge in [-0.25, -0.2) is 5.43 Å². The summed E-state index contributed by atoms with van der Waals surface area (Å²) in [5.74, 6) is -0.638. The van der Waals surface area contributed by atoms with Crippen LogP contribution in [0.5, 0.6) is 0 Å². The summed E-state index contributed by atoms with van der Waals surface area (Å²) in [6, 6.07) is 14.5. The Labute approximate surface area is 138 Å². The quantitative estimate of drug-likeness (QED) is 0.483. The number of allylic oxidation sites excluding steroid dienone is 1. The Morgan fingerprint density at radius 1 is 1.17 bits per heavy atom. The van der Waals surface area contributed by atoms with E-state index < -0.39 is 16.9 Å². The number of amides is 1. The molecule has 0 aliphatic heterocycles. The van der Waals surface area contributed by atoms with Crippen LogP contribution in [0.3, 0.4) is 0 Å². The Kier molecular flexibility index (Phi) is 5.93. The van der Waals surface area contributed by atoms with Crippen molar-refractivity contribution in [2.45, 2.75) is 6.10 Å². The zero-order chi connectivity index (χ0) is 17.4. The molecular formula is C17H15N3O4. The van der Waals surface area contributed by atoms with Gasteiger partial charge in [0.25, 0.3) is 11.6 Å². The molecule has 0 spiro atoms. The van der Waals surface area contributed by atoms with Gasteiger partial charge in [-0.15, -0.1) is 0 Å². The fourth-order valence-corrected chi connectivity index (χ4v) is 1.85. The second-order valence-electron chi connectivity index (χ2n) is 4.78. The standard InChI is InChI=1S/C17H15N3O4/c21-16(14-6-2-1-3-7-14)17(22)19-18-12-4-5-13-8-10-15(11-9-13)20(23)24/h1-12,16,21H,(H,19,22)/b5-4+,18-12+. The Bertz CT molecular complexity index is 755. The molecule has 122 valence electrons. The molecule has 0 heterocycles. The molecule has 0 saturated heterocycles. The number of hydrazone groups is 1. The highest BCUT2D eigenvalue weighted by Crippen LogP contribution is 2.13. The number of hydrogen-bond acceptors (Lipinski definition) is 5. The molecule has 0 saturated carbocycles. The van der Waals surface area contributed by atoms with E-state index in [4.69, 9.17) is 0 Å². The van der Waals surface area contributed by atoms with E-state index in [2.05, 4.69) is 10.5 Å². The Morgan fingerprint density at radius 3 is 2.46 bits per heavy atom. The van der Waals surface area contributed by atoms with Gasteiger partial charge in [-0.1, -0.05) is 36.4 Å². The Morgan fingerprint density at radius 2 is 1.83 bits per heavy atom. The van der Waals surface area contributed by atoms with Crippen LogP contribution >= 0.6 is 0 Å². The largest absolute Gasteiger partial charge is 0.378 e. The van der Waals surface area contributed by atoms with Crippen LogP contribution in [0, 0.1) is 10.1 Å². The molecule has 7 nitrogen and oxygen atoms in total. The summed E-state index contributed by atoms with van der Waals surface area (Å²) < 4.78 is 0. The summed E-state index contributed by atoms with van der Waals surface area (Å²) in [5.41, 5.74) is 3.48.